The Kier molecular flexibility index (Phi) is 5.68. The number of halogens is 1. The number of rotatable bonds is 6. The average Bonchev–Trinajstić information content (AvgIpc) is 2.75. The molecular formula is C25H21ClN2O2. The van der Waals surface area contributed by atoms with Crippen LogP contribution in [-0.2, 0) is 0 Å². The Hall–Kier alpha value is -3.37. The maximum atomic E-state index is 13.1. The van der Waals surface area contributed by atoms with Crippen molar-refractivity contribution in [3.05, 3.63) is 94.6 Å². The molecule has 0 aliphatic heterocycles. The van der Waals surface area contributed by atoms with Gasteiger partial charge in [-0.1, -0.05) is 41.9 Å². The Morgan fingerprint density at radius 1 is 1.00 bits per heavy atom. The Morgan fingerprint density at radius 2 is 1.80 bits per heavy atom. The number of carbonyl (C=O) groups excluding carboxylic acids is 1. The summed E-state index contributed by atoms with van der Waals surface area (Å²) in [6.45, 7) is 4.48. The molecule has 1 heterocycles. The van der Waals surface area contributed by atoms with Gasteiger partial charge in [-0.15, -0.1) is 0 Å². The second-order valence-electron chi connectivity index (χ2n) is 6.93. The highest BCUT2D eigenvalue weighted by Crippen LogP contribution is 2.32. The Labute approximate surface area is 180 Å². The summed E-state index contributed by atoms with van der Waals surface area (Å²) in [6, 6.07) is 22.2. The summed E-state index contributed by atoms with van der Waals surface area (Å²) >= 11 is 6.22. The zero-order valence-electron chi connectivity index (χ0n) is 16.8. The highest BCUT2D eigenvalue weighted by atomic mass is 35.5. The largest absolute Gasteiger partial charge is 0.494 e. The average molecular weight is 417 g/mol. The molecule has 1 aromatic heterocycles. The van der Waals surface area contributed by atoms with Crippen LogP contribution < -0.4 is 10.1 Å². The van der Waals surface area contributed by atoms with Crippen LogP contribution in [0.2, 0.25) is 5.02 Å². The van der Waals surface area contributed by atoms with Gasteiger partial charge in [0.1, 0.15) is 5.75 Å². The van der Waals surface area contributed by atoms with Gasteiger partial charge in [0.25, 0.3) is 0 Å². The summed E-state index contributed by atoms with van der Waals surface area (Å²) in [6.07, 6.45) is 0. The lowest BCUT2D eigenvalue weighted by Crippen LogP contribution is -2.06. The number of aromatic nitrogens is 1. The minimum absolute atomic E-state index is 0.0920. The second-order valence-corrected chi connectivity index (χ2v) is 7.37. The van der Waals surface area contributed by atoms with Crippen molar-refractivity contribution in [3.8, 4) is 5.75 Å². The van der Waals surface area contributed by atoms with E-state index in [-0.39, 0.29) is 5.78 Å². The normalized spacial score (nSPS) is 10.8. The van der Waals surface area contributed by atoms with Gasteiger partial charge in [-0.25, -0.2) is 0 Å². The molecule has 0 unspecified atom stereocenters. The first-order valence-electron chi connectivity index (χ1n) is 9.75. The van der Waals surface area contributed by atoms with Gasteiger partial charge in [-0.05, 0) is 56.3 Å². The lowest BCUT2D eigenvalue weighted by Gasteiger charge is -2.15. The molecule has 0 radical (unpaired) electrons. The Bertz CT molecular complexity index is 1220. The monoisotopic (exact) mass is 416 g/mol. The topological polar surface area (TPSA) is 51.2 Å². The van der Waals surface area contributed by atoms with E-state index < -0.39 is 0 Å². The van der Waals surface area contributed by atoms with E-state index in [1.807, 2.05) is 62.4 Å². The van der Waals surface area contributed by atoms with Crippen molar-refractivity contribution in [1.82, 2.24) is 4.98 Å². The van der Waals surface area contributed by atoms with Gasteiger partial charge >= 0.3 is 0 Å². The molecule has 4 rings (SSSR count). The van der Waals surface area contributed by atoms with E-state index in [0.29, 0.717) is 28.4 Å². The number of pyridine rings is 1. The fourth-order valence-corrected chi connectivity index (χ4v) is 3.57. The van der Waals surface area contributed by atoms with E-state index in [9.17, 15) is 4.79 Å². The van der Waals surface area contributed by atoms with E-state index in [0.717, 1.165) is 28.0 Å². The van der Waals surface area contributed by atoms with Crippen molar-refractivity contribution in [2.45, 2.75) is 13.8 Å². The number of carbonyl (C=O) groups is 1. The summed E-state index contributed by atoms with van der Waals surface area (Å²) < 4.78 is 5.66. The number of fused-ring (bicyclic) bond motifs is 1. The van der Waals surface area contributed by atoms with Crippen LogP contribution in [0.4, 0.5) is 11.4 Å². The highest BCUT2D eigenvalue weighted by Gasteiger charge is 2.16. The third kappa shape index (κ3) is 4.14. The van der Waals surface area contributed by atoms with Crippen LogP contribution in [0.3, 0.4) is 0 Å². The lowest BCUT2D eigenvalue weighted by molar-refractivity contribution is 0.103. The van der Waals surface area contributed by atoms with E-state index in [2.05, 4.69) is 10.3 Å². The Morgan fingerprint density at radius 3 is 2.57 bits per heavy atom. The molecular weight excluding hydrogens is 396 g/mol. The van der Waals surface area contributed by atoms with Crippen LogP contribution in [0.5, 0.6) is 5.75 Å². The van der Waals surface area contributed by atoms with Gasteiger partial charge in [-0.2, -0.15) is 0 Å². The molecule has 0 fully saturated rings. The number of hydrogen-bond acceptors (Lipinski definition) is 4. The molecule has 30 heavy (non-hydrogen) atoms. The Balaban J connectivity index is 1.80. The molecule has 0 atom stereocenters. The molecule has 3 aromatic carbocycles. The molecule has 150 valence electrons. The second kappa shape index (κ2) is 8.56. The van der Waals surface area contributed by atoms with Crippen LogP contribution in [0, 0.1) is 6.92 Å². The van der Waals surface area contributed by atoms with Crippen LogP contribution in [0.1, 0.15) is 28.5 Å². The van der Waals surface area contributed by atoms with Gasteiger partial charge in [0.2, 0.25) is 0 Å². The third-order valence-corrected chi connectivity index (χ3v) is 4.99. The minimum Gasteiger partial charge on any atom is -0.494 e. The summed E-state index contributed by atoms with van der Waals surface area (Å²) in [4.78, 5) is 17.8. The van der Waals surface area contributed by atoms with Crippen molar-refractivity contribution >= 4 is 39.7 Å². The van der Waals surface area contributed by atoms with Crippen LogP contribution >= 0.6 is 11.6 Å². The summed E-state index contributed by atoms with van der Waals surface area (Å²) in [5.41, 5.74) is 4.38. The fraction of sp³-hybridized carbons (Fsp3) is 0.120. The smallest absolute Gasteiger partial charge is 0.195 e. The molecule has 0 bridgehead atoms. The van der Waals surface area contributed by atoms with Gasteiger partial charge in [-0.3, -0.25) is 9.78 Å². The van der Waals surface area contributed by atoms with Crippen LogP contribution in [0.25, 0.3) is 10.9 Å². The van der Waals surface area contributed by atoms with Crippen molar-refractivity contribution < 1.29 is 9.53 Å². The van der Waals surface area contributed by atoms with Gasteiger partial charge in [0.15, 0.2) is 5.78 Å². The molecule has 0 saturated carbocycles. The number of benzene rings is 3. The molecule has 0 amide bonds. The number of ether oxygens (including phenoxy) is 1. The van der Waals surface area contributed by atoms with E-state index in [4.69, 9.17) is 16.3 Å². The number of aryl methyl sites for hydroxylation is 1. The maximum Gasteiger partial charge on any atom is 0.195 e. The summed E-state index contributed by atoms with van der Waals surface area (Å²) in [5.74, 6) is 0.682. The first-order valence-corrected chi connectivity index (χ1v) is 10.1. The standard InChI is InChI=1S/C25H21ClN2O2/c1-3-30-19-10-12-22-20(15-19)24(13-16(2)27-22)28-23-11-9-18(26)14-21(23)25(29)17-7-5-4-6-8-17/h4-15H,3H2,1-2H3,(H,27,28). The molecule has 0 spiro atoms. The maximum absolute atomic E-state index is 13.1. The first-order chi connectivity index (χ1) is 14.5. The molecule has 4 nitrogen and oxygen atoms in total. The molecule has 0 saturated heterocycles. The highest BCUT2D eigenvalue weighted by molar-refractivity contribution is 6.31. The number of ketones is 1. The molecule has 1 N–H and O–H groups in total. The molecule has 5 heteroatoms. The quantitative estimate of drug-likeness (QED) is 0.361. The van der Waals surface area contributed by atoms with Crippen molar-refractivity contribution in [2.24, 2.45) is 0 Å². The summed E-state index contributed by atoms with van der Waals surface area (Å²) in [7, 11) is 0. The molecule has 0 aliphatic rings. The van der Waals surface area contributed by atoms with E-state index >= 15 is 0 Å². The number of nitrogens with one attached hydrogen (secondary N) is 1. The number of nitrogens with zero attached hydrogens (tertiary/aromatic N) is 1. The van der Waals surface area contributed by atoms with Crippen molar-refractivity contribution in [2.75, 3.05) is 11.9 Å². The number of hydrogen-bond donors (Lipinski definition) is 1. The third-order valence-electron chi connectivity index (χ3n) is 4.75. The van der Waals surface area contributed by atoms with E-state index in [1.165, 1.54) is 0 Å². The number of anilines is 2. The van der Waals surface area contributed by atoms with Crippen LogP contribution in [-0.4, -0.2) is 17.4 Å². The van der Waals surface area contributed by atoms with E-state index in [1.54, 1.807) is 24.3 Å². The minimum atomic E-state index is -0.0920. The molecule has 0 aliphatic carbocycles. The zero-order valence-corrected chi connectivity index (χ0v) is 17.5. The summed E-state index contributed by atoms with van der Waals surface area (Å²) in [5, 5.41) is 4.85. The predicted octanol–water partition coefficient (Wildman–Crippen LogP) is 6.57. The lowest BCUT2D eigenvalue weighted by atomic mass is 10.0. The zero-order chi connectivity index (χ0) is 21.1. The van der Waals surface area contributed by atoms with Crippen molar-refractivity contribution in [1.29, 1.82) is 0 Å². The van der Waals surface area contributed by atoms with Gasteiger partial charge in [0.05, 0.1) is 12.1 Å². The fourth-order valence-electron chi connectivity index (χ4n) is 3.40. The SMILES string of the molecule is CCOc1ccc2nc(C)cc(Nc3ccc(Cl)cc3C(=O)c3ccccc3)c2c1. The first kappa shape index (κ1) is 19.9. The van der Waals surface area contributed by atoms with Crippen LogP contribution in [0.15, 0.2) is 72.8 Å². The van der Waals surface area contributed by atoms with Crippen molar-refractivity contribution in [3.63, 3.8) is 0 Å². The molecule has 4 aromatic rings. The van der Waals surface area contributed by atoms with Gasteiger partial charge < -0.3 is 10.1 Å². The van der Waals surface area contributed by atoms with Gasteiger partial charge in [0, 0.05) is 38.6 Å². The predicted molar refractivity (Wildman–Crippen MR) is 122 cm³/mol.